The fraction of sp³-hybridized carbons (Fsp3) is 0. The molecule has 0 bridgehead atoms. The monoisotopic (exact) mass is 336 g/mol. The van der Waals surface area contributed by atoms with E-state index in [-0.39, 0.29) is 0 Å². The van der Waals surface area contributed by atoms with E-state index in [1.165, 1.54) is 0 Å². The van der Waals surface area contributed by atoms with Crippen LogP contribution in [0.3, 0.4) is 0 Å². The van der Waals surface area contributed by atoms with E-state index in [1.54, 1.807) is 24.3 Å². The Morgan fingerprint density at radius 3 is 1.73 bits per heavy atom. The minimum absolute atomic E-state index is 0.661. The quantitative estimate of drug-likeness (QED) is 0.691. The Kier molecular flexibility index (Phi) is 3.66. The molecular weight excluding hydrogens is 333 g/mol. The summed E-state index contributed by atoms with van der Waals surface area (Å²) in [4.78, 5) is 0. The van der Waals surface area contributed by atoms with Crippen molar-refractivity contribution in [3.05, 3.63) is 29.3 Å². The minimum atomic E-state index is -3.39. The number of rotatable bonds is 1. The van der Waals surface area contributed by atoms with Crippen molar-refractivity contribution in [3.8, 4) is 0 Å². The first-order valence-corrected chi connectivity index (χ1v) is 15.5. The van der Waals surface area contributed by atoms with Crippen LogP contribution in [-0.2, 0) is 0 Å². The molecule has 0 spiro atoms. The fourth-order valence-electron chi connectivity index (χ4n) is 0.639. The summed E-state index contributed by atoms with van der Waals surface area (Å²) in [6.45, 7) is 0. The zero-order valence-corrected chi connectivity index (χ0v) is 11.2. The molecule has 0 saturated heterocycles. The van der Waals surface area contributed by atoms with Crippen LogP contribution in [0.15, 0.2) is 24.3 Å². The van der Waals surface area contributed by atoms with Crippen molar-refractivity contribution >= 4 is 56.9 Å². The maximum absolute atomic E-state index is 5.81. The molecule has 0 amide bonds. The third-order valence-electron chi connectivity index (χ3n) is 1.17. The average Bonchev–Trinajstić information content (AvgIpc) is 1.86. The third-order valence-corrected chi connectivity index (χ3v) is 8.63. The molecule has 0 atom stereocenters. The summed E-state index contributed by atoms with van der Waals surface area (Å²) in [7, 11) is 17.4. The van der Waals surface area contributed by atoms with Crippen LogP contribution in [0.2, 0.25) is 5.02 Å². The van der Waals surface area contributed by atoms with Crippen LogP contribution in [0.5, 0.6) is 0 Å². The number of benzene rings is 1. The Hall–Kier alpha value is 1.18. The molecule has 0 nitrogen and oxygen atoms in total. The van der Waals surface area contributed by atoms with Crippen LogP contribution in [0.1, 0.15) is 0 Å². The molecule has 0 unspecified atom stereocenters. The van der Waals surface area contributed by atoms with E-state index in [0.717, 1.165) is 3.58 Å². The van der Waals surface area contributed by atoms with Crippen molar-refractivity contribution < 1.29 is 0 Å². The molecule has 0 aliphatic heterocycles. The van der Waals surface area contributed by atoms with Crippen molar-refractivity contribution in [2.24, 2.45) is 0 Å². The summed E-state index contributed by atoms with van der Waals surface area (Å²) < 4.78 is 0.828. The molecule has 0 heterocycles. The van der Waals surface area contributed by atoms with Gasteiger partial charge in [0, 0.05) is 0 Å². The molecule has 0 radical (unpaired) electrons. The van der Waals surface area contributed by atoms with Gasteiger partial charge in [-0.25, -0.2) is 0 Å². The molecule has 60 valence electrons. The van der Waals surface area contributed by atoms with Gasteiger partial charge in [0.2, 0.25) is 0 Å². The van der Waals surface area contributed by atoms with Crippen molar-refractivity contribution in [1.82, 2.24) is 0 Å². The zero-order chi connectivity index (χ0) is 8.48. The second-order valence-corrected chi connectivity index (χ2v) is 22.2. The SMILES string of the molecule is Clc1cc[c]([Sn]([Cl])([Cl])[Cl])cc1. The molecule has 0 saturated carbocycles. The Morgan fingerprint density at radius 2 is 1.36 bits per heavy atom. The van der Waals surface area contributed by atoms with Crippen molar-refractivity contribution in [3.63, 3.8) is 0 Å². The Labute approximate surface area is 85.4 Å². The number of halogens is 4. The van der Waals surface area contributed by atoms with E-state index in [2.05, 4.69) is 0 Å². The van der Waals surface area contributed by atoms with Crippen LogP contribution < -0.4 is 3.58 Å². The molecule has 0 aliphatic rings. The second kappa shape index (κ2) is 3.92. The molecule has 11 heavy (non-hydrogen) atoms. The Balaban J connectivity index is 2.99. The Bertz CT molecular complexity index is 238. The van der Waals surface area contributed by atoms with Gasteiger partial charge in [0.15, 0.2) is 0 Å². The van der Waals surface area contributed by atoms with E-state index in [1.807, 2.05) is 0 Å². The topological polar surface area (TPSA) is 0 Å². The van der Waals surface area contributed by atoms with Crippen LogP contribution in [0.25, 0.3) is 0 Å². The standard InChI is InChI=1S/C6H4Cl.3ClH.Sn/c7-6-4-2-1-3-5-6;;;;/h2-5H;3*1H;/q;;;;+3/p-3. The molecule has 5 heteroatoms. The van der Waals surface area contributed by atoms with Gasteiger partial charge in [-0.15, -0.1) is 0 Å². The summed E-state index contributed by atoms with van der Waals surface area (Å²) in [5, 5.41) is 0.661. The first-order valence-electron chi connectivity index (χ1n) is 2.83. The van der Waals surface area contributed by atoms with Gasteiger partial charge in [-0.05, 0) is 0 Å². The second-order valence-electron chi connectivity index (χ2n) is 2.00. The number of hydrogen-bond acceptors (Lipinski definition) is 0. The predicted octanol–water partition coefficient (Wildman–Crippen LogP) is 3.20. The summed E-state index contributed by atoms with van der Waals surface area (Å²) >= 11 is 2.27. The van der Waals surface area contributed by atoms with Crippen LogP contribution in [0, 0.1) is 0 Å². The first kappa shape index (κ1) is 10.3. The molecule has 1 aromatic rings. The fourth-order valence-corrected chi connectivity index (χ4v) is 4.85. The molecule has 1 aromatic carbocycles. The maximum atomic E-state index is 5.81. The average molecular weight is 337 g/mol. The van der Waals surface area contributed by atoms with Gasteiger partial charge in [-0.3, -0.25) is 0 Å². The molecule has 0 N–H and O–H groups in total. The summed E-state index contributed by atoms with van der Waals surface area (Å²) in [6, 6.07) is 7.00. The predicted molar refractivity (Wildman–Crippen MR) is 54.4 cm³/mol. The van der Waals surface area contributed by atoms with Gasteiger partial charge in [-0.2, -0.15) is 0 Å². The van der Waals surface area contributed by atoms with E-state index in [4.69, 9.17) is 38.4 Å². The van der Waals surface area contributed by atoms with Gasteiger partial charge < -0.3 is 0 Å². The van der Waals surface area contributed by atoms with Crippen LogP contribution in [-0.4, -0.2) is 15.0 Å². The van der Waals surface area contributed by atoms with Crippen molar-refractivity contribution in [1.29, 1.82) is 0 Å². The normalized spacial score (nSPS) is 11.6. The van der Waals surface area contributed by atoms with Crippen molar-refractivity contribution in [2.75, 3.05) is 0 Å². The van der Waals surface area contributed by atoms with E-state index < -0.39 is 15.0 Å². The number of hydrogen-bond donors (Lipinski definition) is 0. The molecule has 0 aliphatic carbocycles. The summed E-state index contributed by atoms with van der Waals surface area (Å²) in [5.41, 5.74) is 0. The summed E-state index contributed by atoms with van der Waals surface area (Å²) in [6.07, 6.45) is 0. The Morgan fingerprint density at radius 1 is 0.909 bits per heavy atom. The van der Waals surface area contributed by atoms with Gasteiger partial charge in [0.25, 0.3) is 0 Å². The third kappa shape index (κ3) is 3.19. The van der Waals surface area contributed by atoms with Crippen LogP contribution >= 0.6 is 38.4 Å². The van der Waals surface area contributed by atoms with E-state index >= 15 is 0 Å². The molecule has 0 fully saturated rings. The zero-order valence-electron chi connectivity index (χ0n) is 5.32. The van der Waals surface area contributed by atoms with Gasteiger partial charge in [0.1, 0.15) is 0 Å². The van der Waals surface area contributed by atoms with Gasteiger partial charge in [0.05, 0.1) is 0 Å². The molecule has 0 aromatic heterocycles. The van der Waals surface area contributed by atoms with Crippen LogP contribution in [0.4, 0.5) is 0 Å². The van der Waals surface area contributed by atoms with E-state index in [0.29, 0.717) is 5.02 Å². The van der Waals surface area contributed by atoms with Crippen molar-refractivity contribution in [2.45, 2.75) is 0 Å². The summed E-state index contributed by atoms with van der Waals surface area (Å²) in [5.74, 6) is 0. The molecular formula is C6H4Cl4Sn. The first-order chi connectivity index (χ1) is 5.00. The van der Waals surface area contributed by atoms with Gasteiger partial charge in [-0.1, -0.05) is 0 Å². The molecule has 1 rings (SSSR count). The van der Waals surface area contributed by atoms with E-state index in [9.17, 15) is 0 Å². The van der Waals surface area contributed by atoms with Gasteiger partial charge >= 0.3 is 86.2 Å².